The third-order valence-electron chi connectivity index (χ3n) is 3.30. The quantitative estimate of drug-likeness (QED) is 0.380. The van der Waals surface area contributed by atoms with Crippen molar-refractivity contribution in [3.63, 3.8) is 0 Å². The first-order valence-electron chi connectivity index (χ1n) is 8.60. The van der Waals surface area contributed by atoms with Gasteiger partial charge in [-0.1, -0.05) is 0 Å². The first-order valence-corrected chi connectivity index (χ1v) is 9.42. The molecule has 0 aliphatic heterocycles. The van der Waals surface area contributed by atoms with Crippen LogP contribution in [-0.4, -0.2) is 55.4 Å². The summed E-state index contributed by atoms with van der Waals surface area (Å²) in [6, 6.07) is 0.926. The van der Waals surface area contributed by atoms with E-state index in [0.717, 1.165) is 13.2 Å². The number of hydrogen-bond acceptors (Lipinski definition) is 7. The predicted molar refractivity (Wildman–Crippen MR) is 97.8 cm³/mol. The van der Waals surface area contributed by atoms with Crippen LogP contribution in [0.2, 0.25) is 0 Å². The van der Waals surface area contributed by atoms with Gasteiger partial charge in [0.05, 0.1) is 11.1 Å². The molecule has 0 saturated heterocycles. The van der Waals surface area contributed by atoms with Crippen LogP contribution in [0.1, 0.15) is 4.88 Å². The van der Waals surface area contributed by atoms with Crippen LogP contribution in [-0.2, 0) is 10.9 Å². The molecule has 2 amide bonds. The van der Waals surface area contributed by atoms with Gasteiger partial charge in [0.25, 0.3) is 0 Å². The Morgan fingerprint density at radius 3 is 1.91 bits per heavy atom. The molecule has 2 aromatic heterocycles. The van der Waals surface area contributed by atoms with Crippen molar-refractivity contribution in [3.8, 4) is 11.8 Å². The molecule has 2 aromatic rings. The minimum absolute atomic E-state index is 0.162. The number of alkyl halides is 9. The number of carbonyl (C=O) groups excluding carboxylic acids is 1. The molecule has 0 aliphatic carbocycles. The van der Waals surface area contributed by atoms with Crippen molar-refractivity contribution in [2.45, 2.75) is 18.5 Å². The highest BCUT2D eigenvalue weighted by molar-refractivity contribution is 7.16. The minimum Gasteiger partial charge on any atom is -0.468 e. The Balaban J connectivity index is 2.34. The number of hydrogen-bond donors (Lipinski definition) is 1. The van der Waals surface area contributed by atoms with Crippen LogP contribution in [0.3, 0.4) is 0 Å². The maximum atomic E-state index is 12.7. The summed E-state index contributed by atoms with van der Waals surface area (Å²) in [6.07, 6.45) is -14.4. The molecule has 0 saturated carbocycles. The van der Waals surface area contributed by atoms with Crippen molar-refractivity contribution in [1.82, 2.24) is 9.97 Å². The number of nitrogens with zero attached hydrogens (tertiary/aromatic N) is 3. The molecular weight excluding hydrogens is 515 g/mol. The summed E-state index contributed by atoms with van der Waals surface area (Å²) in [6.45, 7) is -4.47. The second-order valence-electron chi connectivity index (χ2n) is 6.09. The van der Waals surface area contributed by atoms with Gasteiger partial charge in [-0.25, -0.2) is 9.69 Å². The van der Waals surface area contributed by atoms with Gasteiger partial charge in [-0.3, -0.25) is 5.32 Å². The molecule has 0 aliphatic rings. The smallest absolute Gasteiger partial charge is 0.425 e. The number of nitrogens with one attached hydrogen (secondary N) is 1. The number of thiophene rings is 1. The van der Waals surface area contributed by atoms with Gasteiger partial charge >= 0.3 is 24.6 Å². The highest BCUT2D eigenvalue weighted by atomic mass is 32.1. The number of ether oxygens (including phenoxy) is 3. The maximum absolute atomic E-state index is 12.7. The van der Waals surface area contributed by atoms with Crippen molar-refractivity contribution in [2.75, 3.05) is 37.3 Å². The average molecular weight is 528 g/mol. The first kappa shape index (κ1) is 27.2. The van der Waals surface area contributed by atoms with Crippen LogP contribution >= 0.6 is 11.3 Å². The van der Waals surface area contributed by atoms with Crippen molar-refractivity contribution in [1.29, 1.82) is 0 Å². The van der Waals surface area contributed by atoms with Crippen molar-refractivity contribution < 1.29 is 58.5 Å². The van der Waals surface area contributed by atoms with E-state index >= 15 is 0 Å². The highest BCUT2D eigenvalue weighted by Crippen LogP contribution is 2.37. The predicted octanol–water partition coefficient (Wildman–Crippen LogP) is 5.08. The van der Waals surface area contributed by atoms with E-state index in [1.54, 1.807) is 0 Å². The van der Waals surface area contributed by atoms with Crippen LogP contribution in [0.4, 0.5) is 55.3 Å². The van der Waals surface area contributed by atoms with Crippen molar-refractivity contribution in [3.05, 3.63) is 23.1 Å². The zero-order chi connectivity index (χ0) is 25.7. The van der Waals surface area contributed by atoms with E-state index in [1.807, 2.05) is 0 Å². The lowest BCUT2D eigenvalue weighted by molar-refractivity contribution is -0.154. The van der Waals surface area contributed by atoms with Crippen LogP contribution < -0.4 is 19.7 Å². The van der Waals surface area contributed by atoms with Crippen molar-refractivity contribution in [2.24, 2.45) is 0 Å². The number of anilines is 2. The van der Waals surface area contributed by atoms with E-state index < -0.39 is 67.1 Å². The van der Waals surface area contributed by atoms with Gasteiger partial charge in [0.2, 0.25) is 17.7 Å². The van der Waals surface area contributed by atoms with E-state index in [-0.39, 0.29) is 16.3 Å². The molecule has 0 unspecified atom stereocenters. The van der Waals surface area contributed by atoms with Crippen molar-refractivity contribution >= 4 is 28.3 Å². The molecule has 190 valence electrons. The largest absolute Gasteiger partial charge is 0.468 e. The molecule has 1 N–H and O–H groups in total. The lowest BCUT2D eigenvalue weighted by atomic mass is 10.4. The minimum atomic E-state index is -4.84. The van der Waals surface area contributed by atoms with Gasteiger partial charge in [0.1, 0.15) is 11.6 Å². The maximum Gasteiger partial charge on any atom is 0.425 e. The Bertz CT molecular complexity index is 942. The van der Waals surface area contributed by atoms with Crippen LogP contribution in [0, 0.1) is 0 Å². The number of urea groups is 1. The number of carbonyl (C=O) groups is 1. The first-order chi connectivity index (χ1) is 15.6. The fourth-order valence-electron chi connectivity index (χ4n) is 2.04. The lowest BCUT2D eigenvalue weighted by Crippen LogP contribution is -2.37. The van der Waals surface area contributed by atoms with Gasteiger partial charge in [-0.05, 0) is 12.1 Å². The van der Waals surface area contributed by atoms with E-state index in [4.69, 9.17) is 4.74 Å². The molecule has 18 heteroatoms. The molecular formula is C16H13F9N4O4S. The van der Waals surface area contributed by atoms with E-state index in [9.17, 15) is 44.3 Å². The summed E-state index contributed by atoms with van der Waals surface area (Å²) < 4.78 is 127. The molecule has 0 aromatic carbocycles. The average Bonchev–Trinajstić information content (AvgIpc) is 3.16. The zero-order valence-corrected chi connectivity index (χ0v) is 17.5. The Labute approximate surface area is 188 Å². The molecule has 2 rings (SSSR count). The Kier molecular flexibility index (Phi) is 8.40. The van der Waals surface area contributed by atoms with Gasteiger partial charge in [0, 0.05) is 7.11 Å². The lowest BCUT2D eigenvalue weighted by Gasteiger charge is -2.21. The Morgan fingerprint density at radius 1 is 0.971 bits per heavy atom. The number of amides is 2. The Morgan fingerprint density at radius 2 is 1.50 bits per heavy atom. The summed E-state index contributed by atoms with van der Waals surface area (Å²) in [5.41, 5.74) is 0. The zero-order valence-electron chi connectivity index (χ0n) is 16.6. The van der Waals surface area contributed by atoms with Gasteiger partial charge in [-0.2, -0.15) is 49.5 Å². The van der Waals surface area contributed by atoms with E-state index in [1.165, 1.54) is 0 Å². The third kappa shape index (κ3) is 8.73. The topological polar surface area (TPSA) is 85.8 Å². The SMILES string of the molecule is COCN(C(=O)Nc1ccc(C(F)(F)F)s1)c1nc(OCC(F)(F)F)cc(OCC(F)(F)F)n1. The molecule has 0 fully saturated rings. The number of halogens is 9. The van der Waals surface area contributed by atoms with E-state index in [2.05, 4.69) is 24.8 Å². The molecule has 0 bridgehead atoms. The number of methoxy groups -OCH3 is 1. The standard InChI is InChI=1S/C16H13F9N4O4S/c1-31-7-29(13(30)28-11-3-2-8(34-11)16(23,24)25)12-26-9(32-5-14(17,18)19)4-10(27-12)33-6-15(20,21)22/h2-4H,5-7H2,1H3,(H,28,30). The van der Waals surface area contributed by atoms with Crippen LogP contribution in [0.25, 0.3) is 0 Å². The molecule has 2 heterocycles. The van der Waals surface area contributed by atoms with Gasteiger partial charge in [-0.15, -0.1) is 11.3 Å². The number of aromatic nitrogens is 2. The molecule has 8 nitrogen and oxygen atoms in total. The van der Waals surface area contributed by atoms with Gasteiger partial charge < -0.3 is 14.2 Å². The van der Waals surface area contributed by atoms with Gasteiger partial charge in [0.15, 0.2) is 13.2 Å². The molecule has 34 heavy (non-hydrogen) atoms. The molecule has 0 atom stereocenters. The highest BCUT2D eigenvalue weighted by Gasteiger charge is 2.33. The second-order valence-corrected chi connectivity index (χ2v) is 7.17. The fraction of sp³-hybridized carbons (Fsp3) is 0.438. The summed E-state index contributed by atoms with van der Waals surface area (Å²) in [5.74, 6) is -2.61. The summed E-state index contributed by atoms with van der Waals surface area (Å²) >= 11 is 0.162. The van der Waals surface area contributed by atoms with E-state index in [0.29, 0.717) is 17.0 Å². The fourth-order valence-corrected chi connectivity index (χ4v) is 2.80. The van der Waals surface area contributed by atoms with Crippen LogP contribution in [0.5, 0.6) is 11.8 Å². The summed E-state index contributed by atoms with van der Waals surface area (Å²) in [7, 11) is 1.07. The molecule has 0 radical (unpaired) electrons. The third-order valence-corrected chi connectivity index (χ3v) is 4.34. The number of rotatable bonds is 8. The molecule has 0 spiro atoms. The normalized spacial score (nSPS) is 12.4. The van der Waals surface area contributed by atoms with Crippen LogP contribution in [0.15, 0.2) is 18.2 Å². The Hall–Kier alpha value is -3.02. The monoisotopic (exact) mass is 528 g/mol. The summed E-state index contributed by atoms with van der Waals surface area (Å²) in [4.78, 5) is 19.0. The second kappa shape index (κ2) is 10.5. The summed E-state index contributed by atoms with van der Waals surface area (Å²) in [5, 5.41) is 1.79.